The largest absolute Gasteiger partial charge is 0.472 e. The molecule has 0 heterocycles. The Labute approximate surface area is 619 Å². The van der Waals surface area contributed by atoms with Crippen molar-refractivity contribution in [3.63, 3.8) is 0 Å². The van der Waals surface area contributed by atoms with Crippen LogP contribution in [0.25, 0.3) is 0 Å². The van der Waals surface area contributed by atoms with Gasteiger partial charge in [-0.05, 0) is 37.5 Å². The van der Waals surface area contributed by atoms with Gasteiger partial charge in [0, 0.05) is 25.7 Å². The number of unbranched alkanes of at least 4 members (excludes halogenated alkanes) is 51. The topological polar surface area (TPSA) is 237 Å². The van der Waals surface area contributed by atoms with Crippen molar-refractivity contribution in [3.8, 4) is 0 Å². The number of phosphoric acid groups is 2. The van der Waals surface area contributed by atoms with Gasteiger partial charge in [0.2, 0.25) is 0 Å². The molecule has 0 spiro atoms. The highest BCUT2D eigenvalue weighted by Crippen LogP contribution is 2.45. The van der Waals surface area contributed by atoms with E-state index in [9.17, 15) is 43.2 Å². The fraction of sp³-hybridized carbons (Fsp3) is 0.951. The molecule has 0 aliphatic rings. The fourth-order valence-corrected chi connectivity index (χ4v) is 14.3. The van der Waals surface area contributed by atoms with Gasteiger partial charge in [-0.3, -0.25) is 37.3 Å². The third kappa shape index (κ3) is 76.1. The molecule has 3 N–H and O–H groups in total. The maximum atomic E-state index is 13.1. The second-order valence-corrected chi connectivity index (χ2v) is 33.4. The van der Waals surface area contributed by atoms with Gasteiger partial charge in [0.15, 0.2) is 12.2 Å². The van der Waals surface area contributed by atoms with Gasteiger partial charge in [-0.25, -0.2) is 9.13 Å². The molecule has 0 aliphatic heterocycles. The van der Waals surface area contributed by atoms with E-state index in [2.05, 4.69) is 41.5 Å². The molecule has 600 valence electrons. The van der Waals surface area contributed by atoms with Crippen LogP contribution in [-0.2, 0) is 65.4 Å². The molecule has 2 unspecified atom stereocenters. The number of aliphatic hydroxyl groups is 1. The number of phosphoric ester groups is 2. The lowest BCUT2D eigenvalue weighted by molar-refractivity contribution is -0.161. The Kier molecular flexibility index (Phi) is 72.2. The van der Waals surface area contributed by atoms with E-state index in [1.807, 2.05) is 0 Å². The van der Waals surface area contributed by atoms with Crippen LogP contribution < -0.4 is 0 Å². The molecule has 0 rings (SSSR count). The van der Waals surface area contributed by atoms with Crippen LogP contribution in [-0.4, -0.2) is 96.7 Å². The highest BCUT2D eigenvalue weighted by atomic mass is 31.2. The Morgan fingerprint density at radius 1 is 0.267 bits per heavy atom. The number of ether oxygens (including phenoxy) is 4. The smallest absolute Gasteiger partial charge is 0.462 e. The predicted molar refractivity (Wildman–Crippen MR) is 414 cm³/mol. The summed E-state index contributed by atoms with van der Waals surface area (Å²) in [6, 6.07) is 0. The van der Waals surface area contributed by atoms with E-state index in [-0.39, 0.29) is 25.7 Å². The number of rotatable bonds is 81. The number of hydrogen-bond acceptors (Lipinski definition) is 15. The minimum absolute atomic E-state index is 0.107. The number of esters is 4. The quantitative estimate of drug-likeness (QED) is 0.0222. The van der Waals surface area contributed by atoms with Crippen molar-refractivity contribution in [2.24, 2.45) is 11.8 Å². The summed E-state index contributed by atoms with van der Waals surface area (Å²) in [5, 5.41) is 10.7. The lowest BCUT2D eigenvalue weighted by Gasteiger charge is -2.21. The van der Waals surface area contributed by atoms with Gasteiger partial charge in [0.25, 0.3) is 0 Å². The van der Waals surface area contributed by atoms with Crippen LogP contribution >= 0.6 is 15.6 Å². The summed E-state index contributed by atoms with van der Waals surface area (Å²) >= 11 is 0. The minimum Gasteiger partial charge on any atom is -0.462 e. The normalized spacial score (nSPS) is 13.9. The zero-order valence-corrected chi connectivity index (χ0v) is 68.0. The molecule has 0 bridgehead atoms. The highest BCUT2D eigenvalue weighted by Gasteiger charge is 2.30. The maximum absolute atomic E-state index is 13.1. The van der Waals surface area contributed by atoms with Crippen molar-refractivity contribution in [1.82, 2.24) is 0 Å². The van der Waals surface area contributed by atoms with E-state index < -0.39 is 97.5 Å². The van der Waals surface area contributed by atoms with Crippen molar-refractivity contribution in [2.45, 2.75) is 452 Å². The first-order chi connectivity index (χ1) is 48.9. The van der Waals surface area contributed by atoms with Gasteiger partial charge in [0.1, 0.15) is 19.3 Å². The molecule has 0 aromatic heterocycles. The first kappa shape index (κ1) is 99.1. The molecule has 0 aliphatic carbocycles. The van der Waals surface area contributed by atoms with Crippen LogP contribution in [0.15, 0.2) is 0 Å². The first-order valence-electron chi connectivity index (χ1n) is 42.5. The second-order valence-electron chi connectivity index (χ2n) is 30.5. The van der Waals surface area contributed by atoms with Crippen molar-refractivity contribution >= 4 is 39.5 Å². The van der Waals surface area contributed by atoms with Gasteiger partial charge in [-0.1, -0.05) is 382 Å². The van der Waals surface area contributed by atoms with E-state index in [1.54, 1.807) is 0 Å². The minimum atomic E-state index is -4.96. The van der Waals surface area contributed by atoms with Crippen LogP contribution in [0.3, 0.4) is 0 Å². The van der Waals surface area contributed by atoms with E-state index in [0.717, 1.165) is 102 Å². The van der Waals surface area contributed by atoms with Crippen molar-refractivity contribution < 1.29 is 80.2 Å². The van der Waals surface area contributed by atoms with Crippen LogP contribution in [0, 0.1) is 11.8 Å². The Morgan fingerprint density at radius 3 is 0.673 bits per heavy atom. The summed E-state index contributed by atoms with van der Waals surface area (Å²) in [6.45, 7) is 9.68. The molecule has 101 heavy (non-hydrogen) atoms. The zero-order valence-electron chi connectivity index (χ0n) is 66.2. The second kappa shape index (κ2) is 73.6. The summed E-state index contributed by atoms with van der Waals surface area (Å²) in [5.74, 6) is -0.530. The Bertz CT molecular complexity index is 1940. The van der Waals surface area contributed by atoms with Crippen molar-refractivity contribution in [1.29, 1.82) is 0 Å². The molecular weight excluding hydrogens is 1320 g/mol. The van der Waals surface area contributed by atoms with Crippen LogP contribution in [0.2, 0.25) is 0 Å². The van der Waals surface area contributed by atoms with Gasteiger partial charge >= 0.3 is 39.5 Å². The standard InChI is InChI=1S/C82H160O17P2/c1-7-9-11-13-15-17-19-21-22-26-29-35-41-47-53-59-65-80(85)93-71-77(98-81(86)66-60-54-48-42-36-30-27-24-23-25-28-32-38-44-50-56-62-74(3)4)72-96-100(88,89)94-68-76(83)69-95-101(90,91)97-73-78(70-92-79(84)64-58-52-46-40-34-20-18-16-14-12-10-8-2)99-82(87)67-61-55-49-43-37-31-33-39-45-51-57-63-75(5)6/h74-78,83H,7-73H2,1-6H3,(H,88,89)(H,90,91)/t76-,77-,78-/m1/s1. The van der Waals surface area contributed by atoms with E-state index in [1.165, 1.54) is 250 Å². The molecular formula is C82H160O17P2. The Balaban J connectivity index is 5.26. The molecule has 5 atom stereocenters. The average molecular weight is 1480 g/mol. The van der Waals surface area contributed by atoms with Gasteiger partial charge in [-0.2, -0.15) is 0 Å². The fourth-order valence-electron chi connectivity index (χ4n) is 12.7. The summed E-state index contributed by atoms with van der Waals surface area (Å²) < 4.78 is 68.8. The SMILES string of the molecule is CCCCCCCCCCCCCCCCCCC(=O)OC[C@H](COP(=O)(O)OC[C@@H](O)COP(=O)(O)OC[C@@H](COC(=O)CCCCCCCCCCCCCC)OC(=O)CCCCCCCCCCCCCC(C)C)OC(=O)CCCCCCCCCCCCCCCCCCC(C)C. The maximum Gasteiger partial charge on any atom is 0.472 e. The van der Waals surface area contributed by atoms with Crippen LogP contribution in [0.5, 0.6) is 0 Å². The monoisotopic (exact) mass is 1480 g/mol. The molecule has 0 amide bonds. The summed E-state index contributed by atoms with van der Waals surface area (Å²) in [7, 11) is -9.92. The van der Waals surface area contributed by atoms with Crippen LogP contribution in [0.4, 0.5) is 0 Å². The van der Waals surface area contributed by atoms with E-state index in [0.29, 0.717) is 25.7 Å². The van der Waals surface area contributed by atoms with Gasteiger partial charge < -0.3 is 33.8 Å². The number of aliphatic hydroxyl groups excluding tert-OH is 1. The highest BCUT2D eigenvalue weighted by molar-refractivity contribution is 7.47. The van der Waals surface area contributed by atoms with E-state index >= 15 is 0 Å². The van der Waals surface area contributed by atoms with Crippen molar-refractivity contribution in [3.05, 3.63) is 0 Å². The molecule has 0 aromatic rings. The van der Waals surface area contributed by atoms with Crippen LogP contribution in [0.1, 0.15) is 433 Å². The molecule has 0 radical (unpaired) electrons. The third-order valence-electron chi connectivity index (χ3n) is 19.2. The molecule has 0 fully saturated rings. The first-order valence-corrected chi connectivity index (χ1v) is 45.5. The average Bonchev–Trinajstić information content (AvgIpc) is 0.972. The molecule has 0 saturated carbocycles. The predicted octanol–water partition coefficient (Wildman–Crippen LogP) is 24.7. The van der Waals surface area contributed by atoms with Gasteiger partial charge in [0.05, 0.1) is 26.4 Å². The lowest BCUT2D eigenvalue weighted by Crippen LogP contribution is -2.30. The number of carbonyl (C=O) groups excluding carboxylic acids is 4. The van der Waals surface area contributed by atoms with E-state index in [4.69, 9.17) is 37.0 Å². The molecule has 0 aromatic carbocycles. The summed E-state index contributed by atoms with van der Waals surface area (Å²) in [6.07, 6.45) is 63.7. The molecule has 0 saturated heterocycles. The zero-order chi connectivity index (χ0) is 74.2. The Morgan fingerprint density at radius 2 is 0.455 bits per heavy atom. The molecule has 17 nitrogen and oxygen atoms in total. The molecule has 19 heteroatoms. The number of carbonyl (C=O) groups is 4. The summed E-state index contributed by atoms with van der Waals surface area (Å²) in [4.78, 5) is 73.1. The van der Waals surface area contributed by atoms with Crippen molar-refractivity contribution in [2.75, 3.05) is 39.6 Å². The van der Waals surface area contributed by atoms with Gasteiger partial charge in [-0.15, -0.1) is 0 Å². The lowest BCUT2D eigenvalue weighted by atomic mass is 10.0. The Hall–Kier alpha value is -1.94. The third-order valence-corrected chi connectivity index (χ3v) is 21.1. The summed E-state index contributed by atoms with van der Waals surface area (Å²) in [5.41, 5.74) is 0. The number of hydrogen-bond donors (Lipinski definition) is 3.